The number of methoxy groups -OCH3 is 1. The van der Waals surface area contributed by atoms with E-state index < -0.39 is 120 Å². The molecule has 0 unspecified atom stereocenters. The molecule has 0 bridgehead atoms. The zero-order chi connectivity index (χ0) is 48.3. The minimum Gasteiger partial charge on any atom is -0.497 e. The standard InChI is InChI=1S/C42H57N7O15/c1-21(2)16-28(47-41(61)35(23(4)50)49-40(60)29(44-24(5)51)17-25-10-8-7-9-11-25)38(58)46-30(19-33(52)53)37(57)43-22(3)36(56)45-31(20-34(54)55)39(59)48-32(42(62)63)18-26-12-14-27(64-6)15-13-26/h7-15,21-23,28-32,35,50H,16-20H2,1-6H3,(H,43,57)(H,44,51)(H,45,56)(H,46,58)(H,47,61)(H,48,59)(H,49,60)(H,52,53)(H,54,55)(H,62,63)/t22-,23+,28-,29-,30-,31-,32-,35-/m0/s1. The maximum absolute atomic E-state index is 13.7. The number of carboxylic acids is 3. The van der Waals surface area contributed by atoms with Crippen molar-refractivity contribution >= 4 is 59.3 Å². The summed E-state index contributed by atoms with van der Waals surface area (Å²) in [6, 6.07) is 3.71. The molecule has 2 aromatic rings. The van der Waals surface area contributed by atoms with Gasteiger partial charge in [0.2, 0.25) is 41.4 Å². The van der Waals surface area contributed by atoms with Crippen molar-refractivity contribution in [2.75, 3.05) is 7.11 Å². The molecule has 2 rings (SSSR count). The molecule has 11 N–H and O–H groups in total. The Hall–Kier alpha value is -7.10. The first kappa shape index (κ1) is 53.0. The van der Waals surface area contributed by atoms with Crippen LogP contribution in [0.5, 0.6) is 5.75 Å². The SMILES string of the molecule is COc1ccc(C[C@H](NC(=O)[C@H](CC(=O)O)NC(=O)[C@H](C)NC(=O)[C@H](CC(=O)O)NC(=O)[C@H](CC(C)C)NC(=O)[C@@H](NC(=O)[C@H](Cc2ccccc2)NC(C)=O)[C@@H](C)O)C(=O)O)cc1. The van der Waals surface area contributed by atoms with Gasteiger partial charge in [-0.2, -0.15) is 0 Å². The Morgan fingerprint density at radius 3 is 1.47 bits per heavy atom. The Morgan fingerprint density at radius 1 is 0.531 bits per heavy atom. The Labute approximate surface area is 368 Å². The number of hydrogen-bond donors (Lipinski definition) is 11. The Morgan fingerprint density at radius 2 is 0.984 bits per heavy atom. The Kier molecular flexibility index (Phi) is 21.3. The molecular weight excluding hydrogens is 842 g/mol. The lowest BCUT2D eigenvalue weighted by Gasteiger charge is -2.28. The van der Waals surface area contributed by atoms with E-state index in [1.54, 1.807) is 68.4 Å². The van der Waals surface area contributed by atoms with Gasteiger partial charge in [0, 0.05) is 19.8 Å². The van der Waals surface area contributed by atoms with Crippen LogP contribution in [-0.2, 0) is 60.8 Å². The second-order valence-corrected chi connectivity index (χ2v) is 15.4. The lowest BCUT2D eigenvalue weighted by atomic mass is 10.0. The molecule has 7 amide bonds. The molecule has 0 heterocycles. The van der Waals surface area contributed by atoms with Crippen LogP contribution in [0.4, 0.5) is 0 Å². The van der Waals surface area contributed by atoms with Crippen molar-refractivity contribution in [3.63, 3.8) is 0 Å². The Bertz CT molecular complexity index is 1980. The lowest BCUT2D eigenvalue weighted by molar-refractivity contribution is -0.143. The van der Waals surface area contributed by atoms with Gasteiger partial charge in [0.05, 0.1) is 26.1 Å². The van der Waals surface area contributed by atoms with Crippen molar-refractivity contribution < 1.29 is 73.1 Å². The highest BCUT2D eigenvalue weighted by molar-refractivity contribution is 5.98. The first-order valence-electron chi connectivity index (χ1n) is 20.1. The van der Waals surface area contributed by atoms with Crippen LogP contribution in [0.15, 0.2) is 54.6 Å². The second-order valence-electron chi connectivity index (χ2n) is 15.4. The van der Waals surface area contributed by atoms with E-state index in [0.717, 1.165) is 6.92 Å². The number of aliphatic carboxylic acids is 3. The average molecular weight is 900 g/mol. The molecule has 0 saturated carbocycles. The summed E-state index contributed by atoms with van der Waals surface area (Å²) in [5.41, 5.74) is 1.15. The van der Waals surface area contributed by atoms with Gasteiger partial charge < -0.3 is 62.4 Å². The molecule has 0 aliphatic rings. The van der Waals surface area contributed by atoms with E-state index in [9.17, 15) is 68.4 Å². The number of ether oxygens (including phenoxy) is 1. The van der Waals surface area contributed by atoms with Crippen LogP contribution in [0.1, 0.15) is 65.0 Å². The number of rotatable bonds is 26. The average Bonchev–Trinajstić information content (AvgIpc) is 3.21. The zero-order valence-electron chi connectivity index (χ0n) is 36.2. The summed E-state index contributed by atoms with van der Waals surface area (Å²) >= 11 is 0. The molecule has 0 saturated heterocycles. The van der Waals surface area contributed by atoms with Crippen LogP contribution < -0.4 is 42.0 Å². The quantitative estimate of drug-likeness (QED) is 0.0505. The van der Waals surface area contributed by atoms with Crippen LogP contribution in [0.2, 0.25) is 0 Å². The number of aliphatic hydroxyl groups is 1. The van der Waals surface area contributed by atoms with Crippen LogP contribution >= 0.6 is 0 Å². The highest BCUT2D eigenvalue weighted by Crippen LogP contribution is 2.14. The van der Waals surface area contributed by atoms with Crippen molar-refractivity contribution in [1.82, 2.24) is 37.2 Å². The van der Waals surface area contributed by atoms with Crippen LogP contribution in [0.3, 0.4) is 0 Å². The van der Waals surface area contributed by atoms with Crippen molar-refractivity contribution in [2.45, 2.75) is 115 Å². The monoisotopic (exact) mass is 899 g/mol. The summed E-state index contributed by atoms with van der Waals surface area (Å²) in [5.74, 6) is -11.4. The molecular formula is C42H57N7O15. The van der Waals surface area contributed by atoms with Crippen molar-refractivity contribution in [3.05, 3.63) is 65.7 Å². The van der Waals surface area contributed by atoms with Crippen LogP contribution in [0.25, 0.3) is 0 Å². The maximum atomic E-state index is 13.7. The summed E-state index contributed by atoms with van der Waals surface area (Å²) in [6.45, 7) is 6.87. The minimum absolute atomic E-state index is 0.0314. The normalized spacial score (nSPS) is 14.6. The van der Waals surface area contributed by atoms with E-state index in [2.05, 4.69) is 37.2 Å². The largest absolute Gasteiger partial charge is 0.497 e. The molecule has 0 radical (unpaired) electrons. The van der Waals surface area contributed by atoms with Crippen LogP contribution in [-0.4, -0.2) is 135 Å². The lowest BCUT2D eigenvalue weighted by Crippen LogP contribution is -2.61. The first-order valence-corrected chi connectivity index (χ1v) is 20.1. The van der Waals surface area contributed by atoms with Gasteiger partial charge in [0.25, 0.3) is 0 Å². The molecule has 0 aliphatic heterocycles. The predicted octanol–water partition coefficient (Wildman–Crippen LogP) is -1.63. The second kappa shape index (κ2) is 25.7. The summed E-state index contributed by atoms with van der Waals surface area (Å²) < 4.78 is 5.07. The molecule has 64 heavy (non-hydrogen) atoms. The molecule has 350 valence electrons. The summed E-state index contributed by atoms with van der Waals surface area (Å²) in [4.78, 5) is 128. The molecule has 0 aliphatic carbocycles. The molecule has 0 fully saturated rings. The van der Waals surface area contributed by atoms with Crippen LogP contribution in [0, 0.1) is 5.92 Å². The summed E-state index contributed by atoms with van der Waals surface area (Å²) in [6.07, 6.45) is -3.84. The fourth-order valence-electron chi connectivity index (χ4n) is 6.11. The van der Waals surface area contributed by atoms with Crippen molar-refractivity contribution in [2.24, 2.45) is 5.92 Å². The van der Waals surface area contributed by atoms with E-state index in [1.165, 1.54) is 21.0 Å². The first-order chi connectivity index (χ1) is 30.0. The number of carbonyl (C=O) groups is 10. The van der Waals surface area contributed by atoms with Gasteiger partial charge in [-0.15, -0.1) is 0 Å². The summed E-state index contributed by atoms with van der Waals surface area (Å²) in [7, 11) is 1.43. The number of carboxylic acid groups (broad SMARTS) is 3. The summed E-state index contributed by atoms with van der Waals surface area (Å²) in [5, 5.41) is 55.4. The minimum atomic E-state index is -1.87. The number of hydrogen-bond acceptors (Lipinski definition) is 12. The van der Waals surface area contributed by atoms with E-state index in [-0.39, 0.29) is 25.2 Å². The van der Waals surface area contributed by atoms with E-state index in [0.29, 0.717) is 16.9 Å². The molecule has 2 aromatic carbocycles. The highest BCUT2D eigenvalue weighted by Gasteiger charge is 2.35. The van der Waals surface area contributed by atoms with Crippen molar-refractivity contribution in [3.8, 4) is 5.75 Å². The van der Waals surface area contributed by atoms with Gasteiger partial charge in [-0.3, -0.25) is 43.2 Å². The van der Waals surface area contributed by atoms with Gasteiger partial charge >= 0.3 is 17.9 Å². The predicted molar refractivity (Wildman–Crippen MR) is 225 cm³/mol. The molecule has 8 atom stereocenters. The van der Waals surface area contributed by atoms with E-state index in [4.69, 9.17) is 4.74 Å². The number of aliphatic hydroxyl groups excluding tert-OH is 1. The van der Waals surface area contributed by atoms with Gasteiger partial charge in [-0.25, -0.2) is 4.79 Å². The number of amides is 7. The highest BCUT2D eigenvalue weighted by atomic mass is 16.5. The molecule has 0 spiro atoms. The third-order valence-corrected chi connectivity index (χ3v) is 9.37. The maximum Gasteiger partial charge on any atom is 0.326 e. The number of benzene rings is 2. The fourth-order valence-corrected chi connectivity index (χ4v) is 6.11. The Balaban J connectivity index is 2.21. The van der Waals surface area contributed by atoms with Gasteiger partial charge in [0.1, 0.15) is 48.0 Å². The third-order valence-electron chi connectivity index (χ3n) is 9.37. The van der Waals surface area contributed by atoms with E-state index >= 15 is 0 Å². The van der Waals surface area contributed by atoms with E-state index in [1.807, 2.05) is 0 Å². The zero-order valence-corrected chi connectivity index (χ0v) is 36.2. The smallest absolute Gasteiger partial charge is 0.326 e. The topological polar surface area (TPSA) is 345 Å². The fraction of sp³-hybridized carbons (Fsp3) is 0.476. The molecule has 22 heteroatoms. The number of nitrogens with one attached hydrogen (secondary N) is 7. The molecule has 0 aromatic heterocycles. The van der Waals surface area contributed by atoms with Gasteiger partial charge in [-0.1, -0.05) is 56.3 Å². The number of carbonyl (C=O) groups excluding carboxylic acids is 7. The van der Waals surface area contributed by atoms with Crippen molar-refractivity contribution in [1.29, 1.82) is 0 Å². The third kappa shape index (κ3) is 18.5. The van der Waals surface area contributed by atoms with Gasteiger partial charge in [-0.05, 0) is 49.4 Å². The molecule has 22 nitrogen and oxygen atoms in total. The van der Waals surface area contributed by atoms with Gasteiger partial charge in [0.15, 0.2) is 0 Å².